The smallest absolute Gasteiger partial charge is 0.341 e. The number of pyridine rings is 1. The highest BCUT2D eigenvalue weighted by Gasteiger charge is 2.29. The van der Waals surface area contributed by atoms with Crippen LogP contribution in [0.15, 0.2) is 58.6 Å². The van der Waals surface area contributed by atoms with Crippen molar-refractivity contribution in [1.29, 1.82) is 0 Å². The number of benzene rings is 1. The third-order valence-electron chi connectivity index (χ3n) is 4.76. The quantitative estimate of drug-likeness (QED) is 0.724. The van der Waals surface area contributed by atoms with Crippen LogP contribution in [0.2, 0.25) is 0 Å². The van der Waals surface area contributed by atoms with Gasteiger partial charge in [0.15, 0.2) is 6.61 Å². The lowest BCUT2D eigenvalue weighted by molar-refractivity contribution is -0.140. The van der Waals surface area contributed by atoms with Gasteiger partial charge in [0.1, 0.15) is 5.03 Å². The molecule has 1 amide bonds. The van der Waals surface area contributed by atoms with Crippen LogP contribution in [0.3, 0.4) is 0 Å². The zero-order chi connectivity index (χ0) is 19.2. The summed E-state index contributed by atoms with van der Waals surface area (Å²) in [5, 5.41) is 0.570. The largest absolute Gasteiger partial charge is 0.452 e. The number of hydrogen-bond acceptors (Lipinski definition) is 5. The molecule has 2 atom stereocenters. The molecule has 0 aliphatic carbocycles. The first-order chi connectivity index (χ1) is 13.1. The van der Waals surface area contributed by atoms with E-state index in [-0.39, 0.29) is 24.6 Å². The highest BCUT2D eigenvalue weighted by atomic mass is 32.2. The number of carbonyl (C=O) groups excluding carboxylic acids is 2. The van der Waals surface area contributed by atoms with Crippen molar-refractivity contribution in [3.05, 3.63) is 54.2 Å². The van der Waals surface area contributed by atoms with Gasteiger partial charge in [-0.05, 0) is 57.4 Å². The van der Waals surface area contributed by atoms with Crippen molar-refractivity contribution in [2.24, 2.45) is 0 Å². The van der Waals surface area contributed by atoms with E-state index in [2.05, 4.69) is 4.98 Å². The summed E-state index contributed by atoms with van der Waals surface area (Å²) in [5.41, 5.74) is 0.374. The van der Waals surface area contributed by atoms with Crippen molar-refractivity contribution >= 4 is 23.6 Å². The topological polar surface area (TPSA) is 59.5 Å². The zero-order valence-electron chi connectivity index (χ0n) is 15.6. The molecule has 27 heavy (non-hydrogen) atoms. The molecule has 0 bridgehead atoms. The summed E-state index contributed by atoms with van der Waals surface area (Å²) in [6, 6.07) is 13.5. The lowest BCUT2D eigenvalue weighted by Gasteiger charge is -2.38. The van der Waals surface area contributed by atoms with E-state index in [1.807, 2.05) is 49.1 Å². The highest BCUT2D eigenvalue weighted by molar-refractivity contribution is 7.99. The van der Waals surface area contributed by atoms with Crippen molar-refractivity contribution in [3.8, 4) is 0 Å². The fourth-order valence-corrected chi connectivity index (χ4v) is 4.31. The summed E-state index contributed by atoms with van der Waals surface area (Å²) < 4.78 is 5.33. The number of amides is 1. The van der Waals surface area contributed by atoms with Crippen molar-refractivity contribution in [1.82, 2.24) is 9.88 Å². The predicted molar refractivity (Wildman–Crippen MR) is 105 cm³/mol. The van der Waals surface area contributed by atoms with E-state index in [0.717, 1.165) is 24.2 Å². The Labute approximate surface area is 164 Å². The molecule has 0 spiro atoms. The average Bonchev–Trinajstić information content (AvgIpc) is 2.67. The van der Waals surface area contributed by atoms with Gasteiger partial charge in [-0.3, -0.25) is 4.79 Å². The van der Waals surface area contributed by atoms with Crippen LogP contribution in [-0.4, -0.2) is 40.5 Å². The Balaban J connectivity index is 1.65. The van der Waals surface area contributed by atoms with Gasteiger partial charge >= 0.3 is 5.97 Å². The van der Waals surface area contributed by atoms with Crippen molar-refractivity contribution in [3.63, 3.8) is 0 Å². The van der Waals surface area contributed by atoms with Crippen LogP contribution in [-0.2, 0) is 9.53 Å². The normalized spacial score (nSPS) is 19.6. The Morgan fingerprint density at radius 1 is 1.11 bits per heavy atom. The van der Waals surface area contributed by atoms with Crippen molar-refractivity contribution in [2.75, 3.05) is 6.61 Å². The number of aromatic nitrogens is 1. The van der Waals surface area contributed by atoms with Gasteiger partial charge in [-0.2, -0.15) is 0 Å². The van der Waals surface area contributed by atoms with Gasteiger partial charge in [0.2, 0.25) is 0 Å². The average molecular weight is 385 g/mol. The fourth-order valence-electron chi connectivity index (χ4n) is 3.42. The first kappa shape index (κ1) is 19.4. The number of esters is 1. The SMILES string of the molecule is C[C@@H]1CCC[C@H](C)N1C(=O)COC(=O)c1cccnc1Sc1ccccc1. The van der Waals surface area contributed by atoms with Gasteiger partial charge in [-0.25, -0.2) is 9.78 Å². The predicted octanol–water partition coefficient (Wildman–Crippen LogP) is 4.18. The number of ether oxygens (including phenoxy) is 1. The second kappa shape index (κ2) is 9.04. The molecular weight excluding hydrogens is 360 g/mol. The molecule has 0 N–H and O–H groups in total. The number of nitrogens with zero attached hydrogens (tertiary/aromatic N) is 2. The Hall–Kier alpha value is -2.34. The van der Waals surface area contributed by atoms with Crippen LogP contribution in [0.25, 0.3) is 0 Å². The van der Waals surface area contributed by atoms with Crippen LogP contribution < -0.4 is 0 Å². The third-order valence-corrected chi connectivity index (χ3v) is 5.78. The van der Waals surface area contributed by atoms with Crippen LogP contribution in [0.1, 0.15) is 43.5 Å². The molecule has 6 heteroatoms. The molecule has 5 nitrogen and oxygen atoms in total. The lowest BCUT2D eigenvalue weighted by Crippen LogP contribution is -2.49. The molecule has 1 aromatic heterocycles. The number of likely N-dealkylation sites (tertiary alicyclic amines) is 1. The van der Waals surface area contributed by atoms with Gasteiger partial charge in [-0.1, -0.05) is 30.0 Å². The molecule has 1 aliphatic rings. The molecule has 3 rings (SSSR count). The molecule has 2 aromatic rings. The van der Waals surface area contributed by atoms with Crippen LogP contribution in [0.5, 0.6) is 0 Å². The fraction of sp³-hybridized carbons (Fsp3) is 0.381. The van der Waals surface area contributed by atoms with E-state index in [1.54, 1.807) is 18.3 Å². The van der Waals surface area contributed by atoms with E-state index in [4.69, 9.17) is 4.74 Å². The van der Waals surface area contributed by atoms with Crippen LogP contribution in [0, 0.1) is 0 Å². The minimum atomic E-state index is -0.521. The molecule has 1 saturated heterocycles. The summed E-state index contributed by atoms with van der Waals surface area (Å²) in [6.45, 7) is 3.86. The summed E-state index contributed by atoms with van der Waals surface area (Å²) in [7, 11) is 0. The van der Waals surface area contributed by atoms with Gasteiger partial charge < -0.3 is 9.64 Å². The Kier molecular flexibility index (Phi) is 6.50. The van der Waals surface area contributed by atoms with Gasteiger partial charge in [0.25, 0.3) is 5.91 Å². The van der Waals surface area contributed by atoms with Gasteiger partial charge in [-0.15, -0.1) is 0 Å². The first-order valence-corrected chi connectivity index (χ1v) is 10.0. The molecule has 142 valence electrons. The van der Waals surface area contributed by atoms with Crippen molar-refractivity contribution in [2.45, 2.75) is 55.1 Å². The van der Waals surface area contributed by atoms with Crippen LogP contribution in [0.4, 0.5) is 0 Å². The Morgan fingerprint density at radius 3 is 2.52 bits per heavy atom. The maximum atomic E-state index is 12.6. The zero-order valence-corrected chi connectivity index (χ0v) is 16.4. The van der Waals surface area contributed by atoms with E-state index in [1.165, 1.54) is 11.8 Å². The summed E-state index contributed by atoms with van der Waals surface area (Å²) >= 11 is 1.40. The number of hydrogen-bond donors (Lipinski definition) is 0. The molecule has 1 aliphatic heterocycles. The molecule has 0 radical (unpaired) electrons. The number of carbonyl (C=O) groups is 2. The van der Waals surface area contributed by atoms with Crippen molar-refractivity contribution < 1.29 is 14.3 Å². The minimum absolute atomic E-state index is 0.135. The summed E-state index contributed by atoms with van der Waals surface area (Å²) in [5.74, 6) is -0.656. The highest BCUT2D eigenvalue weighted by Crippen LogP contribution is 2.29. The Morgan fingerprint density at radius 2 is 1.81 bits per heavy atom. The maximum Gasteiger partial charge on any atom is 0.341 e. The molecule has 0 saturated carbocycles. The monoisotopic (exact) mass is 384 g/mol. The van der Waals surface area contributed by atoms with E-state index in [0.29, 0.717) is 10.6 Å². The third kappa shape index (κ3) is 4.89. The number of rotatable bonds is 5. The standard InChI is InChI=1S/C21H24N2O3S/c1-15-8-6-9-16(2)23(15)19(24)14-26-21(25)18-12-7-13-22-20(18)27-17-10-4-3-5-11-17/h3-5,7,10-13,15-16H,6,8-9,14H2,1-2H3/t15-,16+. The van der Waals surface area contributed by atoms with E-state index in [9.17, 15) is 9.59 Å². The minimum Gasteiger partial charge on any atom is -0.452 e. The molecule has 0 unspecified atom stereocenters. The van der Waals surface area contributed by atoms with Gasteiger partial charge in [0, 0.05) is 23.2 Å². The first-order valence-electron chi connectivity index (χ1n) is 9.22. The Bertz CT molecular complexity index is 787. The molecule has 1 fully saturated rings. The van der Waals surface area contributed by atoms with Gasteiger partial charge in [0.05, 0.1) is 5.56 Å². The summed E-state index contributed by atoms with van der Waals surface area (Å²) in [4.78, 5) is 32.3. The van der Waals surface area contributed by atoms with E-state index < -0.39 is 5.97 Å². The second-order valence-electron chi connectivity index (χ2n) is 6.78. The lowest BCUT2D eigenvalue weighted by atomic mass is 9.97. The molecule has 2 heterocycles. The molecular formula is C21H24N2O3S. The number of piperidine rings is 1. The van der Waals surface area contributed by atoms with E-state index >= 15 is 0 Å². The maximum absolute atomic E-state index is 12.6. The molecule has 1 aromatic carbocycles. The van der Waals surface area contributed by atoms with Crippen LogP contribution >= 0.6 is 11.8 Å². The second-order valence-corrected chi connectivity index (χ2v) is 7.84. The summed E-state index contributed by atoms with van der Waals surface area (Å²) in [6.07, 6.45) is 4.75.